The summed E-state index contributed by atoms with van der Waals surface area (Å²) in [5, 5.41) is 14.9. The molecule has 0 amide bonds. The van der Waals surface area contributed by atoms with Gasteiger partial charge in [-0.15, -0.1) is 11.3 Å². The van der Waals surface area contributed by atoms with Gasteiger partial charge in [0.25, 0.3) is 0 Å². The molecule has 0 spiro atoms. The minimum absolute atomic E-state index is 0.0226. The fourth-order valence-corrected chi connectivity index (χ4v) is 5.62. The van der Waals surface area contributed by atoms with Crippen molar-refractivity contribution >= 4 is 32.1 Å². The molecule has 3 heterocycles. The number of phenolic OH excluding ortho intramolecular Hbond substituents is 1. The molecular formula is C25H20F3N5O3S2. The maximum absolute atomic E-state index is 12.7. The van der Waals surface area contributed by atoms with E-state index in [1.54, 1.807) is 30.5 Å². The molecule has 0 aliphatic heterocycles. The highest BCUT2D eigenvalue weighted by Crippen LogP contribution is 2.36. The summed E-state index contributed by atoms with van der Waals surface area (Å²) in [4.78, 5) is 9.55. The second-order valence-electron chi connectivity index (χ2n) is 8.19. The van der Waals surface area contributed by atoms with E-state index in [0.29, 0.717) is 11.5 Å². The van der Waals surface area contributed by atoms with Crippen LogP contribution < -0.4 is 10.0 Å². The molecule has 3 N–H and O–H groups in total. The van der Waals surface area contributed by atoms with E-state index in [1.165, 1.54) is 11.3 Å². The van der Waals surface area contributed by atoms with Gasteiger partial charge in [0.1, 0.15) is 11.6 Å². The van der Waals surface area contributed by atoms with E-state index >= 15 is 0 Å². The standard InChI is InChI=1S/C25H20F3N5O3S2/c26-25(27,28)18-4-6-20(7-5-18)38(35,36)31-11-10-30-21-15-17(8-9-29-21)23-22(16-2-1-3-19(34)14-16)32-24-33(23)12-13-37-24/h1-9,12-15,31,34H,10-11H2,(H,29,30). The van der Waals surface area contributed by atoms with Gasteiger partial charge in [0.15, 0.2) is 4.96 Å². The topological polar surface area (TPSA) is 109 Å². The Balaban J connectivity index is 1.30. The molecule has 0 unspecified atom stereocenters. The number of thiazole rings is 1. The van der Waals surface area contributed by atoms with Gasteiger partial charge in [-0.2, -0.15) is 13.2 Å². The average Bonchev–Trinajstić information content (AvgIpc) is 3.48. The number of alkyl halides is 3. The number of nitrogens with zero attached hydrogens (tertiary/aromatic N) is 3. The van der Waals surface area contributed by atoms with E-state index in [0.717, 1.165) is 46.0 Å². The molecule has 0 bridgehead atoms. The number of hydrogen-bond acceptors (Lipinski definition) is 7. The number of halogens is 3. The maximum Gasteiger partial charge on any atom is 0.416 e. The first-order valence-corrected chi connectivity index (χ1v) is 13.6. The predicted molar refractivity (Wildman–Crippen MR) is 139 cm³/mol. The Kier molecular flexibility index (Phi) is 6.82. The number of sulfonamides is 1. The number of nitrogens with one attached hydrogen (secondary N) is 2. The Labute approximate surface area is 219 Å². The second kappa shape index (κ2) is 10.1. The molecule has 0 aliphatic rings. The van der Waals surface area contributed by atoms with Crippen molar-refractivity contribution in [2.24, 2.45) is 0 Å². The molecule has 3 aromatic heterocycles. The third-order valence-electron chi connectivity index (χ3n) is 5.63. The van der Waals surface area contributed by atoms with E-state index < -0.39 is 21.8 Å². The number of rotatable bonds is 8. The van der Waals surface area contributed by atoms with Crippen molar-refractivity contribution in [3.63, 3.8) is 0 Å². The van der Waals surface area contributed by atoms with Crippen LogP contribution in [0.5, 0.6) is 5.75 Å². The zero-order valence-corrected chi connectivity index (χ0v) is 21.1. The van der Waals surface area contributed by atoms with Crippen LogP contribution in [-0.2, 0) is 16.2 Å². The lowest BCUT2D eigenvalue weighted by molar-refractivity contribution is -0.137. The number of aromatic nitrogens is 3. The monoisotopic (exact) mass is 559 g/mol. The Hall–Kier alpha value is -3.94. The van der Waals surface area contributed by atoms with Crippen LogP contribution in [0.4, 0.5) is 19.0 Å². The predicted octanol–water partition coefficient (Wildman–Crippen LogP) is 5.24. The SMILES string of the molecule is O=S(=O)(NCCNc1cc(-c2c(-c3cccc(O)c3)nc3sccn23)ccn1)c1ccc(C(F)(F)F)cc1. The smallest absolute Gasteiger partial charge is 0.416 e. The highest BCUT2D eigenvalue weighted by molar-refractivity contribution is 7.89. The van der Waals surface area contributed by atoms with Crippen LogP contribution in [0.25, 0.3) is 27.5 Å². The van der Waals surface area contributed by atoms with E-state index in [4.69, 9.17) is 4.98 Å². The lowest BCUT2D eigenvalue weighted by atomic mass is 10.1. The minimum Gasteiger partial charge on any atom is -0.508 e. The van der Waals surface area contributed by atoms with Gasteiger partial charge in [-0.25, -0.2) is 23.1 Å². The van der Waals surface area contributed by atoms with Gasteiger partial charge in [-0.3, -0.25) is 4.40 Å². The first kappa shape index (κ1) is 25.7. The van der Waals surface area contributed by atoms with Gasteiger partial charge < -0.3 is 10.4 Å². The number of pyridine rings is 1. The zero-order valence-electron chi connectivity index (χ0n) is 19.5. The van der Waals surface area contributed by atoms with E-state index in [1.807, 2.05) is 28.1 Å². The van der Waals surface area contributed by atoms with Crippen LogP contribution in [0.1, 0.15) is 5.56 Å². The Morgan fingerprint density at radius 3 is 2.53 bits per heavy atom. The first-order valence-electron chi connectivity index (χ1n) is 11.2. The summed E-state index contributed by atoms with van der Waals surface area (Å²) in [5.41, 5.74) is 2.13. The summed E-state index contributed by atoms with van der Waals surface area (Å²) in [6, 6.07) is 13.8. The van der Waals surface area contributed by atoms with Crippen molar-refractivity contribution < 1.29 is 26.7 Å². The largest absolute Gasteiger partial charge is 0.508 e. The van der Waals surface area contributed by atoms with E-state index in [-0.39, 0.29) is 23.7 Å². The summed E-state index contributed by atoms with van der Waals surface area (Å²) < 4.78 is 67.4. The fraction of sp³-hybridized carbons (Fsp3) is 0.120. The first-order chi connectivity index (χ1) is 18.1. The van der Waals surface area contributed by atoms with Gasteiger partial charge in [0.05, 0.1) is 21.8 Å². The molecule has 0 fully saturated rings. The van der Waals surface area contributed by atoms with Crippen molar-refractivity contribution in [1.82, 2.24) is 19.1 Å². The number of aromatic hydroxyl groups is 1. The molecule has 2 aromatic carbocycles. The summed E-state index contributed by atoms with van der Waals surface area (Å²) in [6.45, 7) is 0.154. The third-order valence-corrected chi connectivity index (χ3v) is 7.86. The molecular weight excluding hydrogens is 539 g/mol. The zero-order chi connectivity index (χ0) is 26.9. The number of benzene rings is 2. The molecule has 0 atom stereocenters. The normalized spacial score (nSPS) is 12.2. The molecule has 196 valence electrons. The van der Waals surface area contributed by atoms with Crippen LogP contribution in [0, 0.1) is 0 Å². The quantitative estimate of drug-likeness (QED) is 0.225. The number of imidazole rings is 1. The van der Waals surface area contributed by atoms with Crippen LogP contribution in [0.2, 0.25) is 0 Å². The van der Waals surface area contributed by atoms with Gasteiger partial charge >= 0.3 is 6.18 Å². The molecule has 0 saturated carbocycles. The number of hydrogen-bond donors (Lipinski definition) is 3. The second-order valence-corrected chi connectivity index (χ2v) is 10.8. The van der Waals surface area contributed by atoms with Crippen molar-refractivity contribution in [1.29, 1.82) is 0 Å². The lowest BCUT2D eigenvalue weighted by Crippen LogP contribution is -2.29. The van der Waals surface area contributed by atoms with Crippen LogP contribution in [0.3, 0.4) is 0 Å². The Morgan fingerprint density at radius 1 is 1.00 bits per heavy atom. The van der Waals surface area contributed by atoms with Crippen LogP contribution >= 0.6 is 11.3 Å². The van der Waals surface area contributed by atoms with Crippen molar-refractivity contribution in [2.45, 2.75) is 11.1 Å². The van der Waals surface area contributed by atoms with Gasteiger partial charge in [-0.1, -0.05) is 12.1 Å². The summed E-state index contributed by atoms with van der Waals surface area (Å²) >= 11 is 1.48. The summed E-state index contributed by atoms with van der Waals surface area (Å²) in [7, 11) is -3.99. The van der Waals surface area contributed by atoms with E-state index in [9.17, 15) is 26.7 Å². The molecule has 0 saturated heterocycles. The molecule has 0 radical (unpaired) electrons. The number of anilines is 1. The fourth-order valence-electron chi connectivity index (χ4n) is 3.87. The van der Waals surface area contributed by atoms with Gasteiger partial charge in [0, 0.05) is 42.0 Å². The molecule has 38 heavy (non-hydrogen) atoms. The van der Waals surface area contributed by atoms with Crippen LogP contribution in [-0.4, -0.2) is 41.0 Å². The maximum atomic E-state index is 12.7. The Bertz CT molecular complexity index is 1700. The van der Waals surface area contributed by atoms with Crippen molar-refractivity contribution in [3.8, 4) is 28.3 Å². The minimum atomic E-state index is -4.54. The highest BCUT2D eigenvalue weighted by atomic mass is 32.2. The molecule has 8 nitrogen and oxygen atoms in total. The third kappa shape index (κ3) is 5.35. The lowest BCUT2D eigenvalue weighted by Gasteiger charge is -2.11. The molecule has 5 rings (SSSR count). The highest BCUT2D eigenvalue weighted by Gasteiger charge is 2.30. The number of phenols is 1. The van der Waals surface area contributed by atoms with Crippen LogP contribution in [0.15, 0.2) is 83.3 Å². The van der Waals surface area contributed by atoms with Gasteiger partial charge in [-0.05, 0) is 48.5 Å². The number of fused-ring (bicyclic) bond motifs is 1. The van der Waals surface area contributed by atoms with E-state index in [2.05, 4.69) is 15.0 Å². The van der Waals surface area contributed by atoms with Crippen molar-refractivity contribution in [2.75, 3.05) is 18.4 Å². The van der Waals surface area contributed by atoms with Gasteiger partial charge in [0.2, 0.25) is 10.0 Å². The van der Waals surface area contributed by atoms with Crippen molar-refractivity contribution in [3.05, 3.63) is 84.0 Å². The average molecular weight is 560 g/mol. The summed E-state index contributed by atoms with van der Waals surface area (Å²) in [5.74, 6) is 0.615. The molecule has 13 heteroatoms. The summed E-state index contributed by atoms with van der Waals surface area (Å²) in [6.07, 6.45) is -1.03. The molecule has 5 aromatic rings. The molecule has 0 aliphatic carbocycles. The Morgan fingerprint density at radius 2 is 1.79 bits per heavy atom.